The predicted octanol–water partition coefficient (Wildman–Crippen LogP) is 6.29. The summed E-state index contributed by atoms with van der Waals surface area (Å²) in [5, 5.41) is -0.0766. The molecule has 0 fully saturated rings. The highest BCUT2D eigenvalue weighted by Crippen LogP contribution is 2.66. The topological polar surface area (TPSA) is 76.1 Å². The fourth-order valence-corrected chi connectivity index (χ4v) is 6.63. The van der Waals surface area contributed by atoms with Crippen molar-refractivity contribution < 1.29 is 32.2 Å². The SMILES string of the molecule is CCOP(=O)(c1ccccc1)C(F)(F)c1cc(OCCCN2C(=O)c3ccccc3C2=O)ccc1N(C)C(C)C. The van der Waals surface area contributed by atoms with Crippen LogP contribution in [0, 0.1) is 0 Å². The van der Waals surface area contributed by atoms with Crippen molar-refractivity contribution in [3.05, 3.63) is 89.5 Å². The molecule has 1 aliphatic heterocycles. The summed E-state index contributed by atoms with van der Waals surface area (Å²) in [4.78, 5) is 28.0. The molecular weight excluding hydrogens is 537 g/mol. The monoisotopic (exact) mass is 570 g/mol. The van der Waals surface area contributed by atoms with Crippen LogP contribution in [0.25, 0.3) is 0 Å². The second-order valence-electron chi connectivity index (χ2n) is 9.74. The summed E-state index contributed by atoms with van der Waals surface area (Å²) in [7, 11) is -3.01. The van der Waals surface area contributed by atoms with E-state index in [1.54, 1.807) is 60.5 Å². The van der Waals surface area contributed by atoms with Crippen molar-refractivity contribution in [2.45, 2.75) is 38.9 Å². The average Bonchev–Trinajstić information content (AvgIpc) is 3.20. The number of rotatable bonds is 12. The van der Waals surface area contributed by atoms with Crippen LogP contribution in [-0.4, -0.2) is 49.6 Å². The molecule has 0 N–H and O–H groups in total. The number of amides is 2. The van der Waals surface area contributed by atoms with Crippen molar-refractivity contribution >= 4 is 30.2 Å². The number of hydrogen-bond donors (Lipinski definition) is 0. The van der Waals surface area contributed by atoms with Crippen LogP contribution in [0.1, 0.15) is 53.5 Å². The molecule has 0 spiro atoms. The van der Waals surface area contributed by atoms with Gasteiger partial charge in [-0.3, -0.25) is 19.1 Å². The molecule has 0 aromatic heterocycles. The Morgan fingerprint density at radius 1 is 0.950 bits per heavy atom. The zero-order chi connectivity index (χ0) is 29.1. The summed E-state index contributed by atoms with van der Waals surface area (Å²) >= 11 is 0. The smallest absolute Gasteiger partial charge is 0.352 e. The molecule has 1 aliphatic rings. The molecule has 2 amide bonds. The van der Waals surface area contributed by atoms with Crippen molar-refractivity contribution in [2.75, 3.05) is 31.7 Å². The molecule has 0 aliphatic carbocycles. The number of hydrogen-bond acceptors (Lipinski definition) is 6. The lowest BCUT2D eigenvalue weighted by Gasteiger charge is -2.33. The molecule has 40 heavy (non-hydrogen) atoms. The Hall–Kier alpha value is -3.55. The van der Waals surface area contributed by atoms with E-state index in [0.29, 0.717) is 17.5 Å². The third-order valence-corrected chi connectivity index (χ3v) is 9.48. The average molecular weight is 571 g/mol. The van der Waals surface area contributed by atoms with Gasteiger partial charge in [0.25, 0.3) is 11.8 Å². The lowest BCUT2D eigenvalue weighted by Crippen LogP contribution is -2.31. The van der Waals surface area contributed by atoms with Gasteiger partial charge in [0, 0.05) is 30.6 Å². The highest BCUT2D eigenvalue weighted by Gasteiger charge is 2.55. The first-order valence-electron chi connectivity index (χ1n) is 13.2. The van der Waals surface area contributed by atoms with E-state index in [0.717, 1.165) is 4.90 Å². The van der Waals surface area contributed by atoms with Gasteiger partial charge in [-0.1, -0.05) is 30.3 Å². The summed E-state index contributed by atoms with van der Waals surface area (Å²) in [5.74, 6) is -0.582. The molecule has 7 nitrogen and oxygen atoms in total. The number of halogens is 2. The molecule has 3 aromatic carbocycles. The van der Waals surface area contributed by atoms with E-state index in [9.17, 15) is 14.2 Å². The fourth-order valence-electron chi connectivity index (χ4n) is 4.57. The number of carbonyl (C=O) groups excluding carboxylic acids is 2. The van der Waals surface area contributed by atoms with Crippen molar-refractivity contribution in [3.8, 4) is 5.75 Å². The molecule has 0 radical (unpaired) electrons. The second kappa shape index (κ2) is 11.9. The van der Waals surface area contributed by atoms with Crippen LogP contribution in [0.15, 0.2) is 72.8 Å². The van der Waals surface area contributed by atoms with Crippen LogP contribution in [-0.2, 0) is 14.8 Å². The number of fused-ring (bicyclic) bond motifs is 1. The minimum absolute atomic E-state index is 0.0690. The van der Waals surface area contributed by atoms with Gasteiger partial charge < -0.3 is 14.2 Å². The van der Waals surface area contributed by atoms with E-state index in [-0.39, 0.29) is 54.4 Å². The maximum atomic E-state index is 16.4. The highest BCUT2D eigenvalue weighted by molar-refractivity contribution is 7.67. The van der Waals surface area contributed by atoms with Gasteiger partial charge in [0.05, 0.1) is 29.9 Å². The van der Waals surface area contributed by atoms with Gasteiger partial charge in [-0.25, -0.2) is 0 Å². The van der Waals surface area contributed by atoms with Crippen LogP contribution in [0.2, 0.25) is 0 Å². The number of imide groups is 1. The van der Waals surface area contributed by atoms with E-state index in [4.69, 9.17) is 9.26 Å². The van der Waals surface area contributed by atoms with Gasteiger partial charge in [0.1, 0.15) is 5.75 Å². The van der Waals surface area contributed by atoms with Crippen LogP contribution in [0.3, 0.4) is 0 Å². The Morgan fingerprint density at radius 2 is 1.55 bits per heavy atom. The largest absolute Gasteiger partial charge is 0.494 e. The number of carbonyl (C=O) groups is 2. The van der Waals surface area contributed by atoms with Crippen LogP contribution in [0.4, 0.5) is 14.5 Å². The lowest BCUT2D eigenvalue weighted by molar-refractivity contribution is 0.0644. The summed E-state index contributed by atoms with van der Waals surface area (Å²) in [6, 6.07) is 18.3. The molecule has 10 heteroatoms. The summed E-state index contributed by atoms with van der Waals surface area (Å²) in [5.41, 5.74) is -3.41. The van der Waals surface area contributed by atoms with Crippen LogP contribution < -0.4 is 14.9 Å². The van der Waals surface area contributed by atoms with E-state index in [1.807, 2.05) is 13.8 Å². The molecule has 212 valence electrons. The lowest BCUT2D eigenvalue weighted by atomic mass is 10.1. The molecule has 3 aromatic rings. The quantitative estimate of drug-likeness (QED) is 0.145. The minimum atomic E-state index is -4.70. The predicted molar refractivity (Wildman–Crippen MR) is 151 cm³/mol. The first-order chi connectivity index (χ1) is 19.0. The number of alkyl halides is 2. The van der Waals surface area contributed by atoms with Gasteiger partial charge >= 0.3 is 13.0 Å². The first-order valence-corrected chi connectivity index (χ1v) is 14.8. The van der Waals surface area contributed by atoms with E-state index in [2.05, 4.69) is 0 Å². The molecular formula is C30H33F2N2O5P. The van der Waals surface area contributed by atoms with Crippen molar-refractivity contribution in [1.29, 1.82) is 0 Å². The summed E-state index contributed by atoms with van der Waals surface area (Å²) < 4.78 is 57.9. The molecule has 1 unspecified atom stereocenters. The Balaban J connectivity index is 1.58. The fraction of sp³-hybridized carbons (Fsp3) is 0.333. The van der Waals surface area contributed by atoms with Crippen molar-refractivity contribution in [1.82, 2.24) is 4.90 Å². The number of anilines is 1. The number of ether oxygens (including phenoxy) is 1. The number of benzene rings is 3. The van der Waals surface area contributed by atoms with Gasteiger partial charge in [-0.15, -0.1) is 0 Å². The van der Waals surface area contributed by atoms with Crippen LogP contribution >= 0.6 is 7.37 Å². The van der Waals surface area contributed by atoms with E-state index >= 15 is 8.78 Å². The van der Waals surface area contributed by atoms with Gasteiger partial charge in [-0.05, 0) is 69.7 Å². The Labute approximate surface area is 233 Å². The zero-order valence-electron chi connectivity index (χ0n) is 23.0. The Morgan fingerprint density at radius 3 is 2.12 bits per heavy atom. The summed E-state index contributed by atoms with van der Waals surface area (Å²) in [6.45, 7) is 5.29. The van der Waals surface area contributed by atoms with E-state index < -0.39 is 18.6 Å². The van der Waals surface area contributed by atoms with Gasteiger partial charge in [0.15, 0.2) is 0 Å². The van der Waals surface area contributed by atoms with Crippen molar-refractivity contribution in [3.63, 3.8) is 0 Å². The first kappa shape index (κ1) is 29.4. The van der Waals surface area contributed by atoms with Crippen molar-refractivity contribution in [2.24, 2.45) is 0 Å². The molecule has 4 rings (SSSR count). The Bertz CT molecular complexity index is 1400. The van der Waals surface area contributed by atoms with Crippen LogP contribution in [0.5, 0.6) is 5.75 Å². The normalized spacial score (nSPS) is 14.8. The number of nitrogens with zero attached hydrogens (tertiary/aromatic N) is 2. The highest BCUT2D eigenvalue weighted by atomic mass is 31.2. The maximum Gasteiger partial charge on any atom is 0.352 e. The second-order valence-corrected chi connectivity index (χ2v) is 12.2. The third-order valence-electron chi connectivity index (χ3n) is 6.90. The third kappa shape index (κ3) is 5.40. The zero-order valence-corrected chi connectivity index (χ0v) is 23.9. The van der Waals surface area contributed by atoms with Gasteiger partial charge in [-0.2, -0.15) is 8.78 Å². The Kier molecular flexibility index (Phi) is 8.76. The maximum absolute atomic E-state index is 16.4. The minimum Gasteiger partial charge on any atom is -0.494 e. The molecule has 0 bridgehead atoms. The summed E-state index contributed by atoms with van der Waals surface area (Å²) in [6.07, 6.45) is 0.298. The molecule has 0 saturated heterocycles. The molecule has 0 saturated carbocycles. The molecule has 1 heterocycles. The van der Waals surface area contributed by atoms with Gasteiger partial charge in [0.2, 0.25) is 0 Å². The van der Waals surface area contributed by atoms with E-state index in [1.165, 1.54) is 31.2 Å². The standard InChI is InChI=1S/C30H33F2N2O5P/c1-5-39-40(37,23-12-7-6-8-13-23)30(31,32)26-20-22(16-17-27(26)33(4)21(2)3)38-19-11-18-34-28(35)24-14-9-10-15-25(24)29(34)36/h6-10,12-17,20-21H,5,11,18-19H2,1-4H3. The molecule has 1 atom stereocenters.